The summed E-state index contributed by atoms with van der Waals surface area (Å²) in [5.41, 5.74) is 1.39. The Labute approximate surface area is 97.5 Å². The van der Waals surface area contributed by atoms with Crippen molar-refractivity contribution in [2.75, 3.05) is 5.32 Å². The Morgan fingerprint density at radius 2 is 1.76 bits per heavy atom. The summed E-state index contributed by atoms with van der Waals surface area (Å²) in [6.45, 7) is 0. The SMILES string of the molecule is O=C([O-])c1cccc(Nc2ccc(F)cc2)c1. The first-order chi connectivity index (χ1) is 8.15. The number of halogens is 1. The molecule has 4 heteroatoms. The topological polar surface area (TPSA) is 52.2 Å². The third kappa shape index (κ3) is 2.81. The Morgan fingerprint density at radius 1 is 1.06 bits per heavy atom. The third-order valence-electron chi connectivity index (χ3n) is 2.23. The molecule has 0 fully saturated rings. The third-order valence-corrected chi connectivity index (χ3v) is 2.23. The van der Waals surface area contributed by atoms with E-state index in [1.807, 2.05) is 0 Å². The van der Waals surface area contributed by atoms with Crippen LogP contribution < -0.4 is 10.4 Å². The number of carbonyl (C=O) groups is 1. The standard InChI is InChI=1S/C13H10FNO2/c14-10-4-6-11(7-5-10)15-12-3-1-2-9(8-12)13(16)17/h1-8,15H,(H,16,17)/p-1. The van der Waals surface area contributed by atoms with Gasteiger partial charge < -0.3 is 15.2 Å². The van der Waals surface area contributed by atoms with Gasteiger partial charge in [0.2, 0.25) is 0 Å². The van der Waals surface area contributed by atoms with Crippen molar-refractivity contribution in [2.24, 2.45) is 0 Å². The van der Waals surface area contributed by atoms with Gasteiger partial charge in [0, 0.05) is 11.4 Å². The maximum absolute atomic E-state index is 12.7. The van der Waals surface area contributed by atoms with Gasteiger partial charge >= 0.3 is 0 Å². The Hall–Kier alpha value is -2.36. The molecule has 1 N–H and O–H groups in total. The highest BCUT2D eigenvalue weighted by atomic mass is 19.1. The average Bonchev–Trinajstić information content (AvgIpc) is 2.32. The highest BCUT2D eigenvalue weighted by Gasteiger charge is 1.98. The van der Waals surface area contributed by atoms with E-state index in [0.717, 1.165) is 0 Å². The molecule has 0 unspecified atom stereocenters. The molecule has 0 saturated heterocycles. The highest BCUT2D eigenvalue weighted by Crippen LogP contribution is 2.17. The molecule has 0 radical (unpaired) electrons. The van der Waals surface area contributed by atoms with Gasteiger partial charge in [0.15, 0.2) is 0 Å². The fraction of sp³-hybridized carbons (Fsp3) is 0. The summed E-state index contributed by atoms with van der Waals surface area (Å²) < 4.78 is 12.7. The maximum atomic E-state index is 12.7. The molecule has 86 valence electrons. The van der Waals surface area contributed by atoms with Gasteiger partial charge in [-0.3, -0.25) is 0 Å². The quantitative estimate of drug-likeness (QED) is 0.876. The van der Waals surface area contributed by atoms with Gasteiger partial charge in [-0.25, -0.2) is 4.39 Å². The first-order valence-corrected chi connectivity index (χ1v) is 4.99. The second kappa shape index (κ2) is 4.65. The van der Waals surface area contributed by atoms with Crippen LogP contribution in [0.25, 0.3) is 0 Å². The Morgan fingerprint density at radius 3 is 2.41 bits per heavy atom. The van der Waals surface area contributed by atoms with E-state index in [4.69, 9.17) is 0 Å². The molecule has 2 aromatic carbocycles. The zero-order valence-corrected chi connectivity index (χ0v) is 8.81. The van der Waals surface area contributed by atoms with E-state index in [2.05, 4.69) is 5.32 Å². The summed E-state index contributed by atoms with van der Waals surface area (Å²) in [4.78, 5) is 10.7. The lowest BCUT2D eigenvalue weighted by Crippen LogP contribution is -2.22. The lowest BCUT2D eigenvalue weighted by Gasteiger charge is -2.08. The summed E-state index contributed by atoms with van der Waals surface area (Å²) in [7, 11) is 0. The Balaban J connectivity index is 2.21. The van der Waals surface area contributed by atoms with Crippen LogP contribution in [0.2, 0.25) is 0 Å². The molecule has 2 aromatic rings. The number of anilines is 2. The van der Waals surface area contributed by atoms with Gasteiger partial charge in [-0.05, 0) is 42.0 Å². The van der Waals surface area contributed by atoms with E-state index in [1.165, 1.54) is 24.3 Å². The maximum Gasteiger partial charge on any atom is 0.123 e. The number of benzene rings is 2. The van der Waals surface area contributed by atoms with E-state index in [0.29, 0.717) is 11.4 Å². The number of nitrogens with one attached hydrogen (secondary N) is 1. The van der Waals surface area contributed by atoms with Crippen LogP contribution in [0.15, 0.2) is 48.5 Å². The molecular weight excluding hydrogens is 221 g/mol. The molecule has 0 bridgehead atoms. The van der Waals surface area contributed by atoms with Crippen LogP contribution in [-0.4, -0.2) is 5.97 Å². The van der Waals surface area contributed by atoms with Crippen molar-refractivity contribution in [1.29, 1.82) is 0 Å². The smallest absolute Gasteiger partial charge is 0.123 e. The summed E-state index contributed by atoms with van der Waals surface area (Å²) in [6.07, 6.45) is 0. The number of rotatable bonds is 3. The predicted octanol–water partition coefficient (Wildman–Crippen LogP) is 1.93. The van der Waals surface area contributed by atoms with Crippen LogP contribution in [0.3, 0.4) is 0 Å². The molecule has 0 saturated carbocycles. The van der Waals surface area contributed by atoms with Crippen LogP contribution in [0.4, 0.5) is 15.8 Å². The number of carbonyl (C=O) groups excluding carboxylic acids is 1. The molecule has 2 rings (SSSR count). The van der Waals surface area contributed by atoms with E-state index in [-0.39, 0.29) is 11.4 Å². The number of carboxylic acid groups (broad SMARTS) is 1. The zero-order valence-electron chi connectivity index (χ0n) is 8.81. The van der Waals surface area contributed by atoms with Crippen LogP contribution >= 0.6 is 0 Å². The summed E-state index contributed by atoms with van der Waals surface area (Å²) >= 11 is 0. The summed E-state index contributed by atoms with van der Waals surface area (Å²) in [6, 6.07) is 12.0. The van der Waals surface area contributed by atoms with E-state index in [9.17, 15) is 14.3 Å². The van der Waals surface area contributed by atoms with Gasteiger partial charge in [0.1, 0.15) is 5.82 Å². The van der Waals surface area contributed by atoms with Crippen molar-refractivity contribution in [1.82, 2.24) is 0 Å². The number of hydrogen-bond donors (Lipinski definition) is 1. The summed E-state index contributed by atoms with van der Waals surface area (Å²) in [5.74, 6) is -1.55. The second-order valence-electron chi connectivity index (χ2n) is 3.50. The monoisotopic (exact) mass is 230 g/mol. The van der Waals surface area contributed by atoms with Crippen molar-refractivity contribution in [2.45, 2.75) is 0 Å². The first-order valence-electron chi connectivity index (χ1n) is 4.99. The minimum atomic E-state index is -1.23. The average molecular weight is 230 g/mol. The minimum absolute atomic E-state index is 0.0945. The van der Waals surface area contributed by atoms with E-state index >= 15 is 0 Å². The molecule has 0 aliphatic heterocycles. The van der Waals surface area contributed by atoms with Gasteiger partial charge in [-0.1, -0.05) is 12.1 Å². The number of carboxylic acids is 1. The van der Waals surface area contributed by atoms with E-state index < -0.39 is 5.97 Å². The second-order valence-corrected chi connectivity index (χ2v) is 3.50. The van der Waals surface area contributed by atoms with Crippen LogP contribution in [0.1, 0.15) is 10.4 Å². The molecule has 0 aliphatic carbocycles. The van der Waals surface area contributed by atoms with Crippen molar-refractivity contribution in [3.63, 3.8) is 0 Å². The normalized spacial score (nSPS) is 9.94. The Kier molecular flexibility index (Phi) is 3.05. The minimum Gasteiger partial charge on any atom is -0.545 e. The van der Waals surface area contributed by atoms with Crippen LogP contribution in [-0.2, 0) is 0 Å². The number of hydrogen-bond acceptors (Lipinski definition) is 3. The van der Waals surface area contributed by atoms with Gasteiger partial charge in [-0.2, -0.15) is 0 Å². The van der Waals surface area contributed by atoms with Crippen molar-refractivity contribution >= 4 is 17.3 Å². The summed E-state index contributed by atoms with van der Waals surface area (Å²) in [5, 5.41) is 13.6. The molecular formula is C13H9FNO2-. The molecule has 0 aliphatic rings. The lowest BCUT2D eigenvalue weighted by atomic mass is 10.2. The van der Waals surface area contributed by atoms with Gasteiger partial charge in [-0.15, -0.1) is 0 Å². The largest absolute Gasteiger partial charge is 0.545 e. The molecule has 0 aromatic heterocycles. The van der Waals surface area contributed by atoms with Gasteiger partial charge in [0.25, 0.3) is 0 Å². The molecule has 0 atom stereocenters. The highest BCUT2D eigenvalue weighted by molar-refractivity contribution is 5.87. The lowest BCUT2D eigenvalue weighted by molar-refractivity contribution is -0.255. The fourth-order valence-electron chi connectivity index (χ4n) is 1.42. The van der Waals surface area contributed by atoms with Crippen molar-refractivity contribution in [3.05, 3.63) is 59.9 Å². The number of aromatic carboxylic acids is 1. The van der Waals surface area contributed by atoms with Crippen LogP contribution in [0.5, 0.6) is 0 Å². The fourth-order valence-corrected chi connectivity index (χ4v) is 1.42. The molecule has 0 amide bonds. The zero-order chi connectivity index (χ0) is 12.3. The van der Waals surface area contributed by atoms with Gasteiger partial charge in [0.05, 0.1) is 5.97 Å². The predicted molar refractivity (Wildman–Crippen MR) is 60.5 cm³/mol. The molecule has 0 heterocycles. The molecule has 0 spiro atoms. The Bertz CT molecular complexity index is 537. The molecule has 17 heavy (non-hydrogen) atoms. The van der Waals surface area contributed by atoms with Crippen molar-refractivity contribution in [3.8, 4) is 0 Å². The van der Waals surface area contributed by atoms with Crippen LogP contribution in [0, 0.1) is 5.82 Å². The van der Waals surface area contributed by atoms with E-state index in [1.54, 1.807) is 24.3 Å². The first kappa shape index (κ1) is 11.1. The van der Waals surface area contributed by atoms with Crippen molar-refractivity contribution < 1.29 is 14.3 Å². The molecule has 3 nitrogen and oxygen atoms in total.